The molecule has 1 aliphatic rings. The number of ether oxygens (including phenoxy) is 1. The number of fused-ring (bicyclic) bond motifs is 1. The third kappa shape index (κ3) is 5.94. The number of hydrogen-bond acceptors (Lipinski definition) is 7. The van der Waals surface area contributed by atoms with Crippen LogP contribution in [0, 0.1) is 17.1 Å². The number of nitriles is 1. The van der Waals surface area contributed by atoms with Crippen LogP contribution >= 0.6 is 10.6 Å². The van der Waals surface area contributed by atoms with Crippen molar-refractivity contribution in [3.8, 4) is 23.2 Å². The molecule has 43 heavy (non-hydrogen) atoms. The fourth-order valence-electron chi connectivity index (χ4n) is 5.07. The fourth-order valence-corrected chi connectivity index (χ4v) is 6.45. The Kier molecular flexibility index (Phi) is 7.58. The van der Waals surface area contributed by atoms with Gasteiger partial charge in [0, 0.05) is 35.9 Å². The van der Waals surface area contributed by atoms with Crippen LogP contribution in [0.15, 0.2) is 78.9 Å². The van der Waals surface area contributed by atoms with Crippen LogP contribution in [0.2, 0.25) is 0 Å². The second-order valence-corrected chi connectivity index (χ2v) is 12.9. The van der Waals surface area contributed by atoms with E-state index >= 15 is 0 Å². The van der Waals surface area contributed by atoms with E-state index in [1.807, 2.05) is 41.0 Å². The molecule has 0 bridgehead atoms. The lowest BCUT2D eigenvalue weighted by molar-refractivity contribution is 0.0697. The summed E-state index contributed by atoms with van der Waals surface area (Å²) in [5.41, 5.74) is 4.49. The summed E-state index contributed by atoms with van der Waals surface area (Å²) in [6, 6.07) is 24.0. The zero-order valence-electron chi connectivity index (χ0n) is 22.9. The Morgan fingerprint density at radius 3 is 2.56 bits per heavy atom. The molecule has 218 valence electrons. The number of halogens is 1. The Balaban J connectivity index is 1.21. The highest BCUT2D eigenvalue weighted by Gasteiger charge is 2.36. The van der Waals surface area contributed by atoms with Crippen LogP contribution in [-0.2, 0) is 19.6 Å². The lowest BCUT2D eigenvalue weighted by atomic mass is 10.1. The molecule has 3 heterocycles. The van der Waals surface area contributed by atoms with Crippen LogP contribution < -0.4 is 4.74 Å². The van der Waals surface area contributed by atoms with E-state index < -0.39 is 22.4 Å². The van der Waals surface area contributed by atoms with E-state index in [0.29, 0.717) is 59.1 Å². The van der Waals surface area contributed by atoms with Crippen molar-refractivity contribution in [2.75, 3.05) is 5.75 Å². The fraction of sp³-hybridized carbons (Fsp3) is 0.188. The van der Waals surface area contributed by atoms with Crippen molar-refractivity contribution < 1.29 is 28.1 Å². The zero-order chi connectivity index (χ0) is 30.1. The van der Waals surface area contributed by atoms with Gasteiger partial charge in [-0.2, -0.15) is 15.9 Å². The molecule has 3 aromatic carbocycles. The van der Waals surface area contributed by atoms with E-state index in [4.69, 9.17) is 15.0 Å². The molecule has 0 spiro atoms. The molecule has 1 saturated heterocycles. The minimum Gasteiger partial charge on any atom is -0.478 e. The maximum atomic E-state index is 14.2. The Morgan fingerprint density at radius 1 is 1.07 bits per heavy atom. The monoisotopic (exact) mass is 598 g/mol. The summed E-state index contributed by atoms with van der Waals surface area (Å²) in [6.07, 6.45) is 1.14. The topological polar surface area (TPSA) is 141 Å². The van der Waals surface area contributed by atoms with Gasteiger partial charge < -0.3 is 14.4 Å². The van der Waals surface area contributed by atoms with Gasteiger partial charge in [0.2, 0.25) is 5.88 Å². The molecular weight excluding hydrogens is 571 g/mol. The summed E-state index contributed by atoms with van der Waals surface area (Å²) in [6.45, 7) is 0.316. The van der Waals surface area contributed by atoms with Crippen LogP contribution in [-0.4, -0.2) is 45.7 Å². The van der Waals surface area contributed by atoms with Gasteiger partial charge in [0.05, 0.1) is 39.2 Å². The first-order valence-corrected chi connectivity index (χ1v) is 15.3. The number of carboxylic acid groups (broad SMARTS) is 1. The first-order chi connectivity index (χ1) is 20.7. The molecule has 5 aromatic rings. The van der Waals surface area contributed by atoms with Crippen LogP contribution in [0.1, 0.15) is 39.3 Å². The predicted molar refractivity (Wildman–Crippen MR) is 161 cm³/mol. The second-order valence-electron chi connectivity index (χ2n) is 10.4. The standard InChI is InChI=1S/C32H27FN4O5S/c33-26-14-21(17-34)6-9-24(26)19-42-31-3-1-2-27(36-31)22-7-4-20(5-8-22)15-30-35-28-11-10-23(32(38)39)16-29(28)37(30)18-25-12-13-43(25,40)41/h1-11,14,16,25,40-41H,12-13,15,18-19H2,(H,38,39). The Morgan fingerprint density at radius 2 is 1.88 bits per heavy atom. The van der Waals surface area contributed by atoms with Crippen molar-refractivity contribution in [2.24, 2.45) is 0 Å². The summed E-state index contributed by atoms with van der Waals surface area (Å²) >= 11 is 0. The van der Waals surface area contributed by atoms with E-state index in [9.17, 15) is 23.4 Å². The van der Waals surface area contributed by atoms with Gasteiger partial charge in [-0.3, -0.25) is 9.11 Å². The number of carbonyl (C=O) groups is 1. The highest BCUT2D eigenvalue weighted by atomic mass is 32.3. The van der Waals surface area contributed by atoms with Gasteiger partial charge in [-0.05, 0) is 48.4 Å². The van der Waals surface area contributed by atoms with Crippen LogP contribution in [0.5, 0.6) is 5.88 Å². The number of nitrogens with zero attached hydrogens (tertiary/aromatic N) is 4. The van der Waals surface area contributed by atoms with Crippen molar-refractivity contribution in [3.05, 3.63) is 113 Å². The van der Waals surface area contributed by atoms with Gasteiger partial charge in [-0.1, -0.05) is 36.4 Å². The normalized spacial score (nSPS) is 16.3. The van der Waals surface area contributed by atoms with Crippen molar-refractivity contribution in [1.82, 2.24) is 14.5 Å². The summed E-state index contributed by atoms with van der Waals surface area (Å²) in [5, 5.41) is 18.1. The number of aromatic nitrogens is 3. The van der Waals surface area contributed by atoms with Crippen molar-refractivity contribution >= 4 is 27.6 Å². The van der Waals surface area contributed by atoms with Gasteiger partial charge in [0.1, 0.15) is 18.2 Å². The van der Waals surface area contributed by atoms with E-state index in [-0.39, 0.29) is 23.0 Å². The molecular formula is C32H27FN4O5S. The molecule has 0 aliphatic carbocycles. The maximum Gasteiger partial charge on any atom is 0.335 e. The van der Waals surface area contributed by atoms with Crippen LogP contribution in [0.3, 0.4) is 0 Å². The summed E-state index contributed by atoms with van der Waals surface area (Å²) in [4.78, 5) is 20.9. The Hall–Kier alpha value is -4.76. The van der Waals surface area contributed by atoms with E-state index in [0.717, 1.165) is 11.1 Å². The number of aromatic carboxylic acids is 1. The van der Waals surface area contributed by atoms with Gasteiger partial charge in [0.15, 0.2) is 0 Å². The Bertz CT molecular complexity index is 1880. The number of pyridine rings is 1. The average molecular weight is 599 g/mol. The molecule has 1 unspecified atom stereocenters. The number of benzene rings is 3. The molecule has 9 nitrogen and oxygen atoms in total. The third-order valence-electron chi connectivity index (χ3n) is 7.63. The third-order valence-corrected chi connectivity index (χ3v) is 9.92. The van der Waals surface area contributed by atoms with Crippen LogP contribution in [0.4, 0.5) is 4.39 Å². The largest absolute Gasteiger partial charge is 0.478 e. The Labute approximate surface area is 248 Å². The van der Waals surface area contributed by atoms with E-state index in [1.165, 1.54) is 24.3 Å². The first kappa shape index (κ1) is 28.4. The molecule has 1 aliphatic heterocycles. The summed E-state index contributed by atoms with van der Waals surface area (Å²) < 4.78 is 42.5. The van der Waals surface area contributed by atoms with Crippen molar-refractivity contribution in [2.45, 2.75) is 31.2 Å². The zero-order valence-corrected chi connectivity index (χ0v) is 23.7. The predicted octanol–water partition coefficient (Wildman–Crippen LogP) is 6.50. The average Bonchev–Trinajstić information content (AvgIpc) is 3.34. The highest BCUT2D eigenvalue weighted by molar-refractivity contribution is 8.25. The molecule has 0 saturated carbocycles. The first-order valence-electron chi connectivity index (χ1n) is 13.5. The van der Waals surface area contributed by atoms with E-state index in [1.54, 1.807) is 24.3 Å². The van der Waals surface area contributed by atoms with Gasteiger partial charge in [-0.25, -0.2) is 19.2 Å². The van der Waals surface area contributed by atoms with Gasteiger partial charge in [0.25, 0.3) is 0 Å². The number of rotatable bonds is 9. The minimum atomic E-state index is -2.66. The van der Waals surface area contributed by atoms with Crippen molar-refractivity contribution in [3.63, 3.8) is 0 Å². The smallest absolute Gasteiger partial charge is 0.335 e. The molecule has 0 amide bonds. The minimum absolute atomic E-state index is 0.0298. The maximum absolute atomic E-state index is 14.2. The van der Waals surface area contributed by atoms with Crippen molar-refractivity contribution in [1.29, 1.82) is 5.26 Å². The quantitative estimate of drug-likeness (QED) is 0.175. The van der Waals surface area contributed by atoms with Crippen LogP contribution in [0.25, 0.3) is 22.3 Å². The molecule has 1 atom stereocenters. The molecule has 2 aromatic heterocycles. The molecule has 6 rings (SSSR count). The van der Waals surface area contributed by atoms with Gasteiger partial charge >= 0.3 is 5.97 Å². The summed E-state index contributed by atoms with van der Waals surface area (Å²) in [5.74, 6) is -0.127. The molecule has 1 fully saturated rings. The lowest BCUT2D eigenvalue weighted by Gasteiger charge is -2.49. The lowest BCUT2D eigenvalue weighted by Crippen LogP contribution is -2.36. The van der Waals surface area contributed by atoms with E-state index in [2.05, 4.69) is 4.98 Å². The highest BCUT2D eigenvalue weighted by Crippen LogP contribution is 2.56. The summed E-state index contributed by atoms with van der Waals surface area (Å²) in [7, 11) is -2.66. The molecule has 11 heteroatoms. The second kappa shape index (κ2) is 11.5. The number of imidazole rings is 1. The van der Waals surface area contributed by atoms with Gasteiger partial charge in [-0.15, -0.1) is 0 Å². The molecule has 0 radical (unpaired) electrons. The number of carboxylic acids is 1. The SMILES string of the molecule is N#Cc1ccc(COc2cccc(-c3ccc(Cc4nc5ccc(C(=O)O)cc5n4CC4CCS4(O)O)cc3)n2)c(F)c1. The molecule has 3 N–H and O–H groups in total. The number of hydrogen-bond donors (Lipinski definition) is 3.